The monoisotopic (exact) mass is 415 g/mol. The van der Waals surface area contributed by atoms with E-state index in [2.05, 4.69) is 26.6 Å². The molecule has 1 aliphatic rings. The molecule has 1 heterocycles. The molecule has 1 aliphatic heterocycles. The number of anilines is 2. The molecule has 26 heavy (non-hydrogen) atoms. The van der Waals surface area contributed by atoms with E-state index in [-0.39, 0.29) is 11.8 Å². The number of carbonyl (C=O) groups excluding carboxylic acids is 3. The maximum atomic E-state index is 12.6. The average molecular weight is 416 g/mol. The van der Waals surface area contributed by atoms with Crippen molar-refractivity contribution >= 4 is 45.2 Å². The van der Waals surface area contributed by atoms with Crippen molar-refractivity contribution in [1.82, 2.24) is 4.90 Å². The second kappa shape index (κ2) is 6.57. The number of hydrogen-bond acceptors (Lipinski definition) is 3. The van der Waals surface area contributed by atoms with E-state index in [1.807, 2.05) is 12.1 Å². The minimum absolute atomic E-state index is 0.295. The lowest BCUT2D eigenvalue weighted by molar-refractivity contribution is 0.0507. The number of hydrogen-bond donors (Lipinski definition) is 2. The summed E-state index contributed by atoms with van der Waals surface area (Å²) in [6.45, 7) is 5.41. The van der Waals surface area contributed by atoms with Gasteiger partial charge in [-0.05, 0) is 67.0 Å². The number of nitrogens with zero attached hydrogens (tertiary/aromatic N) is 1. The van der Waals surface area contributed by atoms with Gasteiger partial charge in [0.2, 0.25) is 0 Å². The topological polar surface area (TPSA) is 78.5 Å². The smallest absolute Gasteiger partial charge is 0.308 e. The molecular weight excluding hydrogens is 398 g/mol. The average Bonchev–Trinajstić information content (AvgIpc) is 2.80. The van der Waals surface area contributed by atoms with E-state index in [9.17, 15) is 14.4 Å². The minimum Gasteiger partial charge on any atom is -0.308 e. The number of fused-ring (bicyclic) bond motifs is 1. The molecule has 0 unspecified atom stereocenters. The number of para-hydroxylation sites is 1. The Hall–Kier alpha value is -2.67. The van der Waals surface area contributed by atoms with E-state index in [1.165, 1.54) is 11.0 Å². The highest BCUT2D eigenvalue weighted by atomic mass is 79.9. The third-order valence-corrected chi connectivity index (χ3v) is 4.63. The summed E-state index contributed by atoms with van der Waals surface area (Å²) in [6, 6.07) is 11.5. The summed E-state index contributed by atoms with van der Waals surface area (Å²) < 4.78 is 0.755. The Morgan fingerprint density at radius 3 is 2.27 bits per heavy atom. The second-order valence-corrected chi connectivity index (χ2v) is 7.79. The molecule has 6 nitrogen and oxygen atoms in total. The SMILES string of the molecule is CC(C)(C)N1C(=O)c2ccc(NC(=O)Nc3ccccc3Br)cc2C1=O. The Labute approximate surface area is 159 Å². The molecule has 0 aromatic heterocycles. The maximum absolute atomic E-state index is 12.6. The lowest BCUT2D eigenvalue weighted by Crippen LogP contribution is -2.45. The van der Waals surface area contributed by atoms with E-state index in [0.717, 1.165) is 4.47 Å². The molecule has 0 fully saturated rings. The number of rotatable bonds is 2. The van der Waals surface area contributed by atoms with E-state index < -0.39 is 11.6 Å². The standard InChI is InChI=1S/C19H18BrN3O3/c1-19(2,3)23-16(24)12-9-8-11(10-13(12)17(23)25)21-18(26)22-15-7-5-4-6-14(15)20/h4-10H,1-3H3,(H2,21,22,26). The predicted octanol–water partition coefficient (Wildman–Crippen LogP) is 4.49. The Morgan fingerprint density at radius 2 is 1.62 bits per heavy atom. The van der Waals surface area contributed by atoms with Gasteiger partial charge in [0.25, 0.3) is 11.8 Å². The van der Waals surface area contributed by atoms with Crippen LogP contribution >= 0.6 is 15.9 Å². The normalized spacial score (nSPS) is 13.6. The zero-order valence-electron chi connectivity index (χ0n) is 14.6. The van der Waals surface area contributed by atoms with Crippen molar-refractivity contribution < 1.29 is 14.4 Å². The molecule has 0 spiro atoms. The summed E-state index contributed by atoms with van der Waals surface area (Å²) in [5.74, 6) is -0.672. The van der Waals surface area contributed by atoms with Crippen molar-refractivity contribution in [2.45, 2.75) is 26.3 Å². The summed E-state index contributed by atoms with van der Waals surface area (Å²) >= 11 is 3.36. The fraction of sp³-hybridized carbons (Fsp3) is 0.211. The summed E-state index contributed by atoms with van der Waals surface area (Å²) in [6.07, 6.45) is 0. The first kappa shape index (κ1) is 18.1. The molecule has 0 atom stereocenters. The lowest BCUT2D eigenvalue weighted by atomic mass is 10.1. The molecule has 4 amide bonds. The Morgan fingerprint density at radius 1 is 0.962 bits per heavy atom. The fourth-order valence-corrected chi connectivity index (χ4v) is 3.16. The molecule has 0 aliphatic carbocycles. The van der Waals surface area contributed by atoms with Crippen LogP contribution in [0.2, 0.25) is 0 Å². The summed E-state index contributed by atoms with van der Waals surface area (Å²) in [5, 5.41) is 5.40. The van der Waals surface area contributed by atoms with Crippen LogP contribution in [-0.4, -0.2) is 28.3 Å². The quantitative estimate of drug-likeness (QED) is 0.709. The maximum Gasteiger partial charge on any atom is 0.323 e. The van der Waals surface area contributed by atoms with Gasteiger partial charge < -0.3 is 10.6 Å². The summed E-state index contributed by atoms with van der Waals surface area (Å²) in [7, 11) is 0. The van der Waals surface area contributed by atoms with Crippen LogP contribution < -0.4 is 10.6 Å². The first-order chi connectivity index (χ1) is 12.2. The molecule has 0 saturated heterocycles. The van der Waals surface area contributed by atoms with Crippen molar-refractivity contribution in [3.63, 3.8) is 0 Å². The molecule has 7 heteroatoms. The van der Waals surface area contributed by atoms with Crippen molar-refractivity contribution in [2.24, 2.45) is 0 Å². The highest BCUT2D eigenvalue weighted by Gasteiger charge is 2.41. The molecule has 2 N–H and O–H groups in total. The van der Waals surface area contributed by atoms with Crippen molar-refractivity contribution in [2.75, 3.05) is 10.6 Å². The molecule has 0 radical (unpaired) electrons. The zero-order valence-corrected chi connectivity index (χ0v) is 16.2. The van der Waals surface area contributed by atoms with Gasteiger partial charge in [-0.3, -0.25) is 14.5 Å². The number of carbonyl (C=O) groups is 3. The first-order valence-electron chi connectivity index (χ1n) is 8.04. The van der Waals surface area contributed by atoms with Gasteiger partial charge in [-0.25, -0.2) is 4.79 Å². The predicted molar refractivity (Wildman–Crippen MR) is 103 cm³/mol. The van der Waals surface area contributed by atoms with Crippen LogP contribution in [0.5, 0.6) is 0 Å². The van der Waals surface area contributed by atoms with E-state index in [4.69, 9.17) is 0 Å². The zero-order chi connectivity index (χ0) is 19.1. The third-order valence-electron chi connectivity index (χ3n) is 3.94. The van der Waals surface area contributed by atoms with Gasteiger partial charge in [-0.1, -0.05) is 12.1 Å². The molecule has 2 aromatic rings. The van der Waals surface area contributed by atoms with Crippen molar-refractivity contribution in [1.29, 1.82) is 0 Å². The number of benzene rings is 2. The Bertz CT molecular complexity index is 918. The van der Waals surface area contributed by atoms with Crippen LogP contribution in [-0.2, 0) is 0 Å². The molecule has 0 saturated carbocycles. The molecule has 2 aromatic carbocycles. The highest BCUT2D eigenvalue weighted by Crippen LogP contribution is 2.31. The molecular formula is C19H18BrN3O3. The van der Waals surface area contributed by atoms with E-state index in [1.54, 1.807) is 45.0 Å². The van der Waals surface area contributed by atoms with Crippen LogP contribution in [0.3, 0.4) is 0 Å². The summed E-state index contributed by atoms with van der Waals surface area (Å²) in [4.78, 5) is 38.5. The third kappa shape index (κ3) is 3.35. The van der Waals surface area contributed by atoms with Gasteiger partial charge in [-0.2, -0.15) is 0 Å². The van der Waals surface area contributed by atoms with Gasteiger partial charge >= 0.3 is 6.03 Å². The Kier molecular flexibility index (Phi) is 4.58. The number of halogens is 1. The van der Waals surface area contributed by atoms with Gasteiger partial charge in [0.15, 0.2) is 0 Å². The molecule has 0 bridgehead atoms. The van der Waals surface area contributed by atoms with Crippen LogP contribution in [0.15, 0.2) is 46.9 Å². The van der Waals surface area contributed by atoms with Crippen molar-refractivity contribution in [3.8, 4) is 0 Å². The van der Waals surface area contributed by atoms with Gasteiger partial charge in [0.1, 0.15) is 0 Å². The largest absolute Gasteiger partial charge is 0.323 e. The van der Waals surface area contributed by atoms with E-state index in [0.29, 0.717) is 22.5 Å². The van der Waals surface area contributed by atoms with Crippen molar-refractivity contribution in [3.05, 3.63) is 58.1 Å². The number of urea groups is 1. The van der Waals surface area contributed by atoms with Crippen LogP contribution in [0, 0.1) is 0 Å². The van der Waals surface area contributed by atoms with Gasteiger partial charge in [-0.15, -0.1) is 0 Å². The lowest BCUT2D eigenvalue weighted by Gasteiger charge is -2.29. The second-order valence-electron chi connectivity index (χ2n) is 6.94. The minimum atomic E-state index is -0.613. The first-order valence-corrected chi connectivity index (χ1v) is 8.83. The Balaban J connectivity index is 1.80. The van der Waals surface area contributed by atoms with Crippen LogP contribution in [0.25, 0.3) is 0 Å². The summed E-state index contributed by atoms with van der Waals surface area (Å²) in [5.41, 5.74) is 1.09. The van der Waals surface area contributed by atoms with Gasteiger partial charge in [0, 0.05) is 15.7 Å². The van der Waals surface area contributed by atoms with Gasteiger partial charge in [0.05, 0.1) is 16.8 Å². The number of nitrogens with one attached hydrogen (secondary N) is 2. The molecule has 3 rings (SSSR count). The van der Waals surface area contributed by atoms with Crippen LogP contribution in [0.1, 0.15) is 41.5 Å². The van der Waals surface area contributed by atoms with E-state index >= 15 is 0 Å². The number of amides is 4. The van der Waals surface area contributed by atoms with Crippen LogP contribution in [0.4, 0.5) is 16.2 Å². The molecule has 134 valence electrons. The number of imide groups is 1. The highest BCUT2D eigenvalue weighted by molar-refractivity contribution is 9.10. The fourth-order valence-electron chi connectivity index (χ4n) is 2.78.